The van der Waals surface area contributed by atoms with Gasteiger partial charge in [-0.25, -0.2) is 0 Å². The van der Waals surface area contributed by atoms with Crippen molar-refractivity contribution in [2.24, 2.45) is 23.5 Å². The zero-order valence-electron chi connectivity index (χ0n) is 13.0. The predicted molar refractivity (Wildman–Crippen MR) is 88.0 cm³/mol. The van der Waals surface area contributed by atoms with Crippen molar-refractivity contribution in [3.8, 4) is 0 Å². The minimum absolute atomic E-state index is 0. The molecule has 1 saturated heterocycles. The zero-order valence-corrected chi connectivity index (χ0v) is 14.6. The Morgan fingerprint density at radius 2 is 1.91 bits per heavy atom. The second-order valence-corrected chi connectivity index (χ2v) is 6.28. The van der Waals surface area contributed by atoms with Crippen molar-refractivity contribution < 1.29 is 18.0 Å². The second-order valence-electron chi connectivity index (χ2n) is 6.28. The number of carbonyl (C=O) groups is 1. The Bertz CT molecular complexity index is 372. The maximum absolute atomic E-state index is 12.3. The molecule has 2 fully saturated rings. The van der Waals surface area contributed by atoms with Gasteiger partial charge in [-0.15, -0.1) is 24.8 Å². The molecule has 23 heavy (non-hydrogen) atoms. The average Bonchev–Trinajstić information content (AvgIpc) is 3.02. The Morgan fingerprint density at radius 1 is 1.22 bits per heavy atom. The molecule has 2 rings (SSSR count). The molecule has 0 spiro atoms. The van der Waals surface area contributed by atoms with Gasteiger partial charge in [-0.1, -0.05) is 6.42 Å². The van der Waals surface area contributed by atoms with E-state index >= 15 is 0 Å². The smallest absolute Gasteiger partial charge is 0.356 e. The molecule has 1 aliphatic heterocycles. The molecule has 1 saturated carbocycles. The summed E-state index contributed by atoms with van der Waals surface area (Å²) in [6, 6.07) is 0. The number of hydrogen-bond donors (Lipinski definition) is 2. The van der Waals surface area contributed by atoms with E-state index in [1.807, 2.05) is 0 Å². The lowest BCUT2D eigenvalue weighted by atomic mass is 9.95. The lowest BCUT2D eigenvalue weighted by Crippen LogP contribution is -2.38. The van der Waals surface area contributed by atoms with Gasteiger partial charge in [-0.05, 0) is 44.2 Å². The maximum Gasteiger partial charge on any atom is 0.401 e. The number of halogens is 5. The summed E-state index contributed by atoms with van der Waals surface area (Å²) < 4.78 is 36.9. The fraction of sp³-hybridized carbons (Fsp3) is 0.929. The minimum Gasteiger partial charge on any atom is -0.356 e. The first-order valence-corrected chi connectivity index (χ1v) is 7.66. The van der Waals surface area contributed by atoms with Gasteiger partial charge in [0.15, 0.2) is 0 Å². The van der Waals surface area contributed by atoms with Crippen molar-refractivity contribution in [2.75, 3.05) is 32.7 Å². The summed E-state index contributed by atoms with van der Waals surface area (Å²) in [6.45, 7) is 1.01. The van der Waals surface area contributed by atoms with Crippen molar-refractivity contribution in [1.82, 2.24) is 10.2 Å². The lowest BCUT2D eigenvalue weighted by Gasteiger charge is -2.20. The lowest BCUT2D eigenvalue weighted by molar-refractivity contribution is -0.143. The van der Waals surface area contributed by atoms with Crippen LogP contribution in [0.4, 0.5) is 13.2 Å². The fourth-order valence-corrected chi connectivity index (χ4v) is 3.52. The van der Waals surface area contributed by atoms with E-state index < -0.39 is 12.7 Å². The van der Waals surface area contributed by atoms with E-state index in [-0.39, 0.29) is 48.5 Å². The minimum atomic E-state index is -4.14. The van der Waals surface area contributed by atoms with E-state index in [2.05, 4.69) is 5.32 Å². The number of amides is 1. The van der Waals surface area contributed by atoms with Gasteiger partial charge in [-0.3, -0.25) is 9.69 Å². The molecule has 0 radical (unpaired) electrons. The molecule has 138 valence electrons. The first-order valence-electron chi connectivity index (χ1n) is 7.66. The summed E-state index contributed by atoms with van der Waals surface area (Å²) in [7, 11) is 0. The van der Waals surface area contributed by atoms with Crippen LogP contribution in [0.1, 0.15) is 25.7 Å². The topological polar surface area (TPSA) is 58.4 Å². The summed E-state index contributed by atoms with van der Waals surface area (Å²) in [5.41, 5.74) is 5.66. The monoisotopic (exact) mass is 379 g/mol. The molecule has 0 bridgehead atoms. The highest BCUT2D eigenvalue weighted by molar-refractivity contribution is 5.85. The molecule has 3 N–H and O–H groups in total. The van der Waals surface area contributed by atoms with E-state index in [1.165, 1.54) is 4.90 Å². The number of nitrogens with zero attached hydrogens (tertiary/aromatic N) is 1. The first-order chi connectivity index (χ1) is 9.89. The van der Waals surface area contributed by atoms with Gasteiger partial charge < -0.3 is 11.1 Å². The Hall–Kier alpha value is -0.240. The van der Waals surface area contributed by atoms with Gasteiger partial charge in [0, 0.05) is 19.0 Å². The number of likely N-dealkylation sites (tertiary alicyclic amines) is 1. The largest absolute Gasteiger partial charge is 0.401 e. The molecule has 0 aromatic carbocycles. The van der Waals surface area contributed by atoms with Crippen LogP contribution in [0, 0.1) is 17.8 Å². The summed E-state index contributed by atoms with van der Waals surface area (Å²) >= 11 is 0. The standard InChI is InChI=1S/C14H24F3N3O.2ClH/c15-14(16,17)9-20-5-4-10(8-20)7-19-13(21)12-3-1-2-11(12)6-18;;/h10-12H,1-9,18H2,(H,19,21);2*1H/t10?,11-,12-;;/m1../s1. The van der Waals surface area contributed by atoms with Gasteiger partial charge in [0.2, 0.25) is 5.91 Å². The zero-order chi connectivity index (χ0) is 15.5. The van der Waals surface area contributed by atoms with Crippen LogP contribution in [-0.2, 0) is 4.79 Å². The van der Waals surface area contributed by atoms with Crippen LogP contribution in [0.2, 0.25) is 0 Å². The summed E-state index contributed by atoms with van der Waals surface area (Å²) in [5.74, 6) is 0.393. The van der Waals surface area contributed by atoms with Crippen molar-refractivity contribution in [1.29, 1.82) is 0 Å². The number of carbonyl (C=O) groups excluding carboxylic acids is 1. The molecule has 1 aliphatic carbocycles. The fourth-order valence-electron chi connectivity index (χ4n) is 3.52. The molecule has 1 heterocycles. The van der Waals surface area contributed by atoms with Crippen molar-refractivity contribution in [3.05, 3.63) is 0 Å². The Balaban J connectivity index is 0.00000242. The highest BCUT2D eigenvalue weighted by Gasteiger charge is 2.35. The number of alkyl halides is 3. The predicted octanol–water partition coefficient (Wildman–Crippen LogP) is 2.21. The third kappa shape index (κ3) is 7.03. The van der Waals surface area contributed by atoms with E-state index in [1.54, 1.807) is 0 Å². The Labute approximate surface area is 147 Å². The Morgan fingerprint density at radius 3 is 2.52 bits per heavy atom. The number of hydrogen-bond acceptors (Lipinski definition) is 3. The average molecular weight is 380 g/mol. The normalized spacial score (nSPS) is 28.1. The molecule has 2 aliphatic rings. The molecule has 0 aromatic heterocycles. The van der Waals surface area contributed by atoms with Crippen LogP contribution in [0.3, 0.4) is 0 Å². The van der Waals surface area contributed by atoms with E-state index in [0.717, 1.165) is 19.3 Å². The van der Waals surface area contributed by atoms with E-state index in [9.17, 15) is 18.0 Å². The quantitative estimate of drug-likeness (QED) is 0.769. The van der Waals surface area contributed by atoms with Gasteiger partial charge in [0.25, 0.3) is 0 Å². The summed E-state index contributed by atoms with van der Waals surface area (Å²) in [6.07, 6.45) is -0.531. The molecular formula is C14H26Cl2F3N3O. The molecule has 1 unspecified atom stereocenters. The third-order valence-corrected chi connectivity index (χ3v) is 4.64. The number of nitrogens with one attached hydrogen (secondary N) is 1. The molecule has 4 nitrogen and oxygen atoms in total. The highest BCUT2D eigenvalue weighted by atomic mass is 35.5. The van der Waals surface area contributed by atoms with Crippen LogP contribution in [0.5, 0.6) is 0 Å². The van der Waals surface area contributed by atoms with Crippen LogP contribution < -0.4 is 11.1 Å². The second kappa shape index (κ2) is 9.91. The van der Waals surface area contributed by atoms with Crippen molar-refractivity contribution >= 4 is 30.7 Å². The number of nitrogens with two attached hydrogens (primary N) is 1. The van der Waals surface area contributed by atoms with Gasteiger partial charge in [0.05, 0.1) is 6.54 Å². The summed E-state index contributed by atoms with van der Waals surface area (Å²) in [5, 5.41) is 2.91. The molecule has 0 aromatic rings. The SMILES string of the molecule is Cl.Cl.NC[C@H]1CCC[C@H]1C(=O)NCC1CCN(CC(F)(F)F)C1. The van der Waals surface area contributed by atoms with Crippen molar-refractivity contribution in [3.63, 3.8) is 0 Å². The molecular weight excluding hydrogens is 354 g/mol. The van der Waals surface area contributed by atoms with Crippen LogP contribution in [0.15, 0.2) is 0 Å². The highest BCUT2D eigenvalue weighted by Crippen LogP contribution is 2.31. The van der Waals surface area contributed by atoms with Gasteiger partial charge in [0.1, 0.15) is 0 Å². The van der Waals surface area contributed by atoms with E-state index in [4.69, 9.17) is 5.73 Å². The first kappa shape index (κ1) is 22.8. The Kier molecular flexibility index (Phi) is 9.81. The number of rotatable bonds is 5. The van der Waals surface area contributed by atoms with Crippen molar-refractivity contribution in [2.45, 2.75) is 31.9 Å². The van der Waals surface area contributed by atoms with E-state index in [0.29, 0.717) is 32.6 Å². The van der Waals surface area contributed by atoms with Gasteiger partial charge in [-0.2, -0.15) is 13.2 Å². The van der Waals surface area contributed by atoms with Gasteiger partial charge >= 0.3 is 6.18 Å². The molecule has 3 atom stereocenters. The van der Waals surface area contributed by atoms with Crippen LogP contribution >= 0.6 is 24.8 Å². The molecule has 9 heteroatoms. The van der Waals surface area contributed by atoms with Crippen LogP contribution in [0.25, 0.3) is 0 Å². The van der Waals surface area contributed by atoms with Crippen LogP contribution in [-0.4, -0.2) is 49.7 Å². The summed E-state index contributed by atoms with van der Waals surface area (Å²) in [4.78, 5) is 13.5. The molecule has 1 amide bonds. The maximum atomic E-state index is 12.3. The third-order valence-electron chi connectivity index (χ3n) is 4.64.